The molecule has 4 nitrogen and oxygen atoms in total. The molecule has 42 heavy (non-hydrogen) atoms. The quantitative estimate of drug-likeness (QED) is 0.284. The Bertz CT molecular complexity index is 1580. The number of nitrogens with zero attached hydrogens (tertiary/aromatic N) is 1. The number of fused-ring (bicyclic) bond motifs is 3. The van der Waals surface area contributed by atoms with Crippen molar-refractivity contribution < 1.29 is 35.2 Å². The molecule has 2 aliphatic rings. The van der Waals surface area contributed by atoms with Crippen molar-refractivity contribution in [3.8, 4) is 0 Å². The minimum absolute atomic E-state index is 0.0272. The Balaban J connectivity index is 1.48. The number of hydrogen-bond donors (Lipinski definition) is 0. The van der Waals surface area contributed by atoms with Gasteiger partial charge in [-0.25, -0.2) is 17.2 Å². The van der Waals surface area contributed by atoms with Crippen molar-refractivity contribution in [2.45, 2.75) is 74.1 Å². The van der Waals surface area contributed by atoms with Crippen LogP contribution in [0.5, 0.6) is 0 Å². The van der Waals surface area contributed by atoms with E-state index in [-0.39, 0.29) is 29.0 Å². The van der Waals surface area contributed by atoms with Gasteiger partial charge in [-0.15, -0.1) is 0 Å². The molecule has 5 rings (SSSR count). The first-order chi connectivity index (χ1) is 19.7. The van der Waals surface area contributed by atoms with Crippen molar-refractivity contribution in [1.29, 1.82) is 0 Å². The van der Waals surface area contributed by atoms with Gasteiger partial charge in [0.15, 0.2) is 9.84 Å². The minimum atomic E-state index is -5.07. The van der Waals surface area contributed by atoms with Crippen LogP contribution >= 0.6 is 0 Å². The highest BCUT2D eigenvalue weighted by Crippen LogP contribution is 2.51. The number of halogens is 5. The van der Waals surface area contributed by atoms with Crippen molar-refractivity contribution in [1.82, 2.24) is 4.90 Å². The summed E-state index contributed by atoms with van der Waals surface area (Å²) in [4.78, 5) is 15.6. The van der Waals surface area contributed by atoms with Crippen molar-refractivity contribution in [3.05, 3.63) is 100 Å². The van der Waals surface area contributed by atoms with Crippen LogP contribution in [0.15, 0.2) is 71.6 Å². The molecule has 1 saturated heterocycles. The molecule has 0 bridgehead atoms. The summed E-state index contributed by atoms with van der Waals surface area (Å²) in [7, 11) is -3.37. The Hall–Kier alpha value is -3.27. The van der Waals surface area contributed by atoms with Gasteiger partial charge in [0.05, 0.1) is 17.1 Å². The smallest absolute Gasteiger partial charge is 0.338 e. The van der Waals surface area contributed by atoms with Crippen LogP contribution in [0.4, 0.5) is 22.0 Å². The van der Waals surface area contributed by atoms with E-state index >= 15 is 0 Å². The third kappa shape index (κ3) is 5.34. The average Bonchev–Trinajstić information content (AvgIpc) is 3.33. The number of rotatable bonds is 7. The standard InChI is InChI=1S/C32H32F5NO3S/c1-3-42(40,41)26-12-6-21(7-13-26)18-29(39)38-17-16-31(20-22-4-10-25(33)11-5-22)27-14-9-24(30(2,34)32(35,36)37)19-23(27)8-15-28(31)38/h4-7,9-14,19,28H,3,8,15-18,20H2,1-2H3/t28-,30?,31-/m1/s1. The van der Waals surface area contributed by atoms with E-state index in [9.17, 15) is 35.2 Å². The van der Waals surface area contributed by atoms with Crippen LogP contribution in [0.2, 0.25) is 0 Å². The van der Waals surface area contributed by atoms with Crippen LogP contribution in [-0.4, -0.2) is 43.7 Å². The first kappa shape index (κ1) is 30.2. The lowest BCUT2D eigenvalue weighted by Gasteiger charge is -2.44. The fourth-order valence-corrected chi connectivity index (χ4v) is 7.43. The minimum Gasteiger partial charge on any atom is -0.338 e. The highest BCUT2D eigenvalue weighted by Gasteiger charge is 2.55. The SMILES string of the molecule is CCS(=O)(=O)c1ccc(CC(=O)N2CC[C@@]3(Cc4ccc(F)cc4)c4ccc(C(C)(F)C(F)(F)F)cc4CC[C@@H]23)cc1. The molecule has 1 heterocycles. The normalized spacial score (nSPS) is 21.9. The zero-order valence-electron chi connectivity index (χ0n) is 23.3. The van der Waals surface area contributed by atoms with E-state index in [1.54, 1.807) is 37.3 Å². The van der Waals surface area contributed by atoms with Gasteiger partial charge in [-0.1, -0.05) is 49.4 Å². The molecule has 1 amide bonds. The van der Waals surface area contributed by atoms with Gasteiger partial charge in [0.2, 0.25) is 11.6 Å². The number of sulfone groups is 1. The molecule has 0 N–H and O–H groups in total. The monoisotopic (exact) mass is 605 g/mol. The average molecular weight is 606 g/mol. The van der Waals surface area contributed by atoms with Crippen LogP contribution in [0.3, 0.4) is 0 Å². The molecule has 224 valence electrons. The van der Waals surface area contributed by atoms with Gasteiger partial charge >= 0.3 is 6.18 Å². The second kappa shape index (κ2) is 10.8. The zero-order chi connectivity index (χ0) is 30.5. The van der Waals surface area contributed by atoms with E-state index in [1.807, 2.05) is 4.90 Å². The molecule has 3 aromatic rings. The molecule has 0 spiro atoms. The van der Waals surface area contributed by atoms with Gasteiger partial charge in [0.1, 0.15) is 5.82 Å². The maximum absolute atomic E-state index is 14.9. The third-order valence-electron chi connectivity index (χ3n) is 8.99. The molecule has 10 heteroatoms. The summed E-state index contributed by atoms with van der Waals surface area (Å²) in [5.41, 5.74) is -1.71. The van der Waals surface area contributed by atoms with Crippen LogP contribution in [0.25, 0.3) is 0 Å². The summed E-state index contributed by atoms with van der Waals surface area (Å²) in [5, 5.41) is 0. The molecule has 0 saturated carbocycles. The molecule has 3 atom stereocenters. The topological polar surface area (TPSA) is 54.5 Å². The Kier molecular flexibility index (Phi) is 7.75. The van der Waals surface area contributed by atoms with Crippen LogP contribution in [-0.2, 0) is 45.0 Å². The predicted molar refractivity (Wildman–Crippen MR) is 149 cm³/mol. The zero-order valence-corrected chi connectivity index (χ0v) is 24.2. The van der Waals surface area contributed by atoms with Crippen LogP contribution in [0.1, 0.15) is 54.5 Å². The second-order valence-corrected chi connectivity index (χ2v) is 13.7. The molecule has 0 aromatic heterocycles. The van der Waals surface area contributed by atoms with Gasteiger partial charge in [0.25, 0.3) is 0 Å². The summed E-state index contributed by atoms with van der Waals surface area (Å²) in [6, 6.07) is 16.1. The van der Waals surface area contributed by atoms with Crippen LogP contribution in [0, 0.1) is 5.82 Å². The van der Waals surface area contributed by atoms with Gasteiger partial charge < -0.3 is 4.90 Å². The first-order valence-corrected chi connectivity index (χ1v) is 15.6. The number of carbonyl (C=O) groups is 1. The first-order valence-electron chi connectivity index (χ1n) is 13.9. The van der Waals surface area contributed by atoms with Crippen molar-refractivity contribution in [2.24, 2.45) is 0 Å². The Morgan fingerprint density at radius 2 is 1.62 bits per heavy atom. The Morgan fingerprint density at radius 1 is 0.976 bits per heavy atom. The predicted octanol–water partition coefficient (Wildman–Crippen LogP) is 6.64. The number of carbonyl (C=O) groups excluding carboxylic acids is 1. The molecular weight excluding hydrogens is 573 g/mol. The summed E-state index contributed by atoms with van der Waals surface area (Å²) in [6.45, 7) is 2.50. The molecular formula is C32H32F5NO3S. The lowest BCUT2D eigenvalue weighted by atomic mass is 9.63. The van der Waals surface area contributed by atoms with Crippen molar-refractivity contribution in [2.75, 3.05) is 12.3 Å². The summed E-state index contributed by atoms with van der Waals surface area (Å²) >= 11 is 0. The maximum Gasteiger partial charge on any atom is 0.426 e. The number of aryl methyl sites for hydroxylation is 1. The highest BCUT2D eigenvalue weighted by molar-refractivity contribution is 7.91. The van der Waals surface area contributed by atoms with E-state index in [2.05, 4.69) is 0 Å². The van der Waals surface area contributed by atoms with E-state index in [1.165, 1.54) is 36.4 Å². The van der Waals surface area contributed by atoms with E-state index in [0.29, 0.717) is 50.3 Å². The molecule has 1 aliphatic carbocycles. The second-order valence-electron chi connectivity index (χ2n) is 11.4. The van der Waals surface area contributed by atoms with Gasteiger partial charge in [0, 0.05) is 18.0 Å². The number of alkyl halides is 4. The fraction of sp³-hybridized carbons (Fsp3) is 0.406. The van der Waals surface area contributed by atoms with Crippen molar-refractivity contribution in [3.63, 3.8) is 0 Å². The highest BCUT2D eigenvalue weighted by atomic mass is 32.2. The van der Waals surface area contributed by atoms with E-state index in [0.717, 1.165) is 11.1 Å². The van der Waals surface area contributed by atoms with Crippen LogP contribution < -0.4 is 0 Å². The van der Waals surface area contributed by atoms with Gasteiger partial charge in [-0.2, -0.15) is 13.2 Å². The largest absolute Gasteiger partial charge is 0.426 e. The van der Waals surface area contributed by atoms with E-state index in [4.69, 9.17) is 0 Å². The Morgan fingerprint density at radius 3 is 2.24 bits per heavy atom. The lowest BCUT2D eigenvalue weighted by Crippen LogP contribution is -2.49. The number of amides is 1. The third-order valence-corrected chi connectivity index (χ3v) is 10.7. The Labute approximate surface area is 242 Å². The van der Waals surface area contributed by atoms with E-state index < -0.39 is 38.5 Å². The molecule has 3 aromatic carbocycles. The number of hydrogen-bond acceptors (Lipinski definition) is 3. The summed E-state index contributed by atoms with van der Waals surface area (Å²) < 4.78 is 93.4. The molecule has 1 fully saturated rings. The summed E-state index contributed by atoms with van der Waals surface area (Å²) in [6.07, 6.45) is -3.18. The number of likely N-dealkylation sites (tertiary alicyclic amines) is 1. The molecule has 1 unspecified atom stereocenters. The van der Waals surface area contributed by atoms with Crippen molar-refractivity contribution >= 4 is 15.7 Å². The van der Waals surface area contributed by atoms with Gasteiger partial charge in [-0.3, -0.25) is 4.79 Å². The van der Waals surface area contributed by atoms with Gasteiger partial charge in [-0.05, 0) is 84.7 Å². The molecule has 1 aliphatic heterocycles. The maximum atomic E-state index is 14.9. The number of benzene rings is 3. The summed E-state index contributed by atoms with van der Waals surface area (Å²) in [5.74, 6) is -0.557. The fourth-order valence-electron chi connectivity index (χ4n) is 6.55. The molecule has 0 radical (unpaired) electrons. The lowest BCUT2D eigenvalue weighted by molar-refractivity contribution is -0.228.